The zero-order valence-electron chi connectivity index (χ0n) is 11.9. The number of hydrogen-bond acceptors (Lipinski definition) is 3. The summed E-state index contributed by atoms with van der Waals surface area (Å²) in [7, 11) is 0. The van der Waals surface area contributed by atoms with Gasteiger partial charge in [0.15, 0.2) is 0 Å². The Morgan fingerprint density at radius 2 is 1.62 bits per heavy atom. The molecule has 0 rings (SSSR count). The molecule has 3 nitrogen and oxygen atoms in total. The number of rotatable bonds is 9. The molecule has 0 radical (unpaired) electrons. The lowest BCUT2D eigenvalue weighted by Crippen LogP contribution is -2.43. The average Bonchev–Trinajstić information content (AvgIpc) is 2.20. The minimum Gasteiger partial charge on any atom is -0.380 e. The van der Waals surface area contributed by atoms with Gasteiger partial charge in [0.25, 0.3) is 0 Å². The molecule has 0 aromatic rings. The third-order valence-electron chi connectivity index (χ3n) is 2.76. The maximum atomic E-state index is 5.37. The molecule has 1 atom stereocenters. The lowest BCUT2D eigenvalue weighted by Gasteiger charge is -2.31. The molecule has 0 saturated heterocycles. The Bertz CT molecular complexity index is 152. The molecule has 3 heteroatoms. The first-order chi connectivity index (χ1) is 7.49. The zero-order valence-corrected chi connectivity index (χ0v) is 11.9. The van der Waals surface area contributed by atoms with Crippen molar-refractivity contribution in [3.63, 3.8) is 0 Å². The van der Waals surface area contributed by atoms with E-state index in [1.165, 1.54) is 0 Å². The van der Waals surface area contributed by atoms with Crippen molar-refractivity contribution in [3.05, 3.63) is 0 Å². The minimum atomic E-state index is 0.445. The summed E-state index contributed by atoms with van der Waals surface area (Å²) < 4.78 is 5.37. The van der Waals surface area contributed by atoms with Gasteiger partial charge in [-0.3, -0.25) is 4.90 Å². The standard InChI is InChI=1S/C13H30N2O/c1-7-16-10-13(6)14-8-9-15(11(2)3)12(4)5/h11-14H,7-10H2,1-6H3. The van der Waals surface area contributed by atoms with Gasteiger partial charge in [-0.05, 0) is 41.5 Å². The highest BCUT2D eigenvalue weighted by Crippen LogP contribution is 2.03. The largest absolute Gasteiger partial charge is 0.380 e. The van der Waals surface area contributed by atoms with Gasteiger partial charge >= 0.3 is 0 Å². The summed E-state index contributed by atoms with van der Waals surface area (Å²) in [6, 6.07) is 1.68. The minimum absolute atomic E-state index is 0.445. The molecule has 0 spiro atoms. The second-order valence-electron chi connectivity index (χ2n) is 4.94. The Balaban J connectivity index is 3.69. The number of hydrogen-bond donors (Lipinski definition) is 1. The molecule has 0 fully saturated rings. The van der Waals surface area contributed by atoms with Gasteiger partial charge in [0.1, 0.15) is 0 Å². The predicted molar refractivity (Wildman–Crippen MR) is 70.9 cm³/mol. The highest BCUT2D eigenvalue weighted by molar-refractivity contribution is 4.69. The first kappa shape index (κ1) is 15.9. The smallest absolute Gasteiger partial charge is 0.0616 e. The van der Waals surface area contributed by atoms with Crippen molar-refractivity contribution in [1.29, 1.82) is 0 Å². The van der Waals surface area contributed by atoms with E-state index in [-0.39, 0.29) is 0 Å². The molecule has 1 unspecified atom stereocenters. The Kier molecular flexibility index (Phi) is 8.90. The summed E-state index contributed by atoms with van der Waals surface area (Å²) in [4.78, 5) is 2.50. The van der Waals surface area contributed by atoms with Crippen LogP contribution in [0.4, 0.5) is 0 Å². The second kappa shape index (κ2) is 8.97. The highest BCUT2D eigenvalue weighted by atomic mass is 16.5. The van der Waals surface area contributed by atoms with Gasteiger partial charge in [0, 0.05) is 37.8 Å². The van der Waals surface area contributed by atoms with Crippen LogP contribution in [0.2, 0.25) is 0 Å². The summed E-state index contributed by atoms with van der Waals surface area (Å²) in [6.45, 7) is 17.0. The fraction of sp³-hybridized carbons (Fsp3) is 1.00. The third kappa shape index (κ3) is 7.20. The van der Waals surface area contributed by atoms with Crippen LogP contribution in [0.15, 0.2) is 0 Å². The normalized spacial score (nSPS) is 14.1. The maximum absolute atomic E-state index is 5.37. The van der Waals surface area contributed by atoms with Gasteiger partial charge < -0.3 is 10.1 Å². The fourth-order valence-corrected chi connectivity index (χ4v) is 1.91. The Morgan fingerprint density at radius 3 is 2.06 bits per heavy atom. The van der Waals surface area contributed by atoms with Crippen LogP contribution in [-0.2, 0) is 4.74 Å². The van der Waals surface area contributed by atoms with E-state index in [1.54, 1.807) is 0 Å². The molecule has 0 bridgehead atoms. The van der Waals surface area contributed by atoms with Gasteiger partial charge in [-0.15, -0.1) is 0 Å². The summed E-state index contributed by atoms with van der Waals surface area (Å²) in [5, 5.41) is 3.49. The van der Waals surface area contributed by atoms with Crippen molar-refractivity contribution in [1.82, 2.24) is 10.2 Å². The summed E-state index contributed by atoms with van der Waals surface area (Å²) in [5.41, 5.74) is 0. The van der Waals surface area contributed by atoms with Crippen LogP contribution in [0.1, 0.15) is 41.5 Å². The molecular formula is C13H30N2O. The Hall–Kier alpha value is -0.120. The molecular weight excluding hydrogens is 200 g/mol. The average molecular weight is 230 g/mol. The molecule has 0 aromatic carbocycles. The first-order valence-electron chi connectivity index (χ1n) is 6.55. The first-order valence-corrected chi connectivity index (χ1v) is 6.55. The molecule has 0 aliphatic carbocycles. The van der Waals surface area contributed by atoms with Crippen molar-refractivity contribution < 1.29 is 4.74 Å². The molecule has 0 amide bonds. The van der Waals surface area contributed by atoms with Crippen molar-refractivity contribution in [2.45, 2.75) is 59.7 Å². The van der Waals surface area contributed by atoms with Crippen molar-refractivity contribution in [3.8, 4) is 0 Å². The zero-order chi connectivity index (χ0) is 12.6. The van der Waals surface area contributed by atoms with E-state index in [1.807, 2.05) is 6.92 Å². The quantitative estimate of drug-likeness (QED) is 0.656. The summed E-state index contributed by atoms with van der Waals surface area (Å²) >= 11 is 0. The van der Waals surface area contributed by atoms with Gasteiger partial charge in [-0.25, -0.2) is 0 Å². The van der Waals surface area contributed by atoms with E-state index in [0.717, 1.165) is 26.3 Å². The topological polar surface area (TPSA) is 24.5 Å². The van der Waals surface area contributed by atoms with Gasteiger partial charge in [0.05, 0.1) is 6.61 Å². The van der Waals surface area contributed by atoms with Crippen LogP contribution in [0.3, 0.4) is 0 Å². The van der Waals surface area contributed by atoms with E-state index >= 15 is 0 Å². The van der Waals surface area contributed by atoms with E-state index in [0.29, 0.717) is 18.1 Å². The summed E-state index contributed by atoms with van der Waals surface area (Å²) in [5.74, 6) is 0. The van der Waals surface area contributed by atoms with E-state index in [4.69, 9.17) is 4.74 Å². The molecule has 1 N–H and O–H groups in total. The maximum Gasteiger partial charge on any atom is 0.0616 e. The Labute approximate surface area is 102 Å². The number of nitrogens with one attached hydrogen (secondary N) is 1. The van der Waals surface area contributed by atoms with Crippen LogP contribution in [0, 0.1) is 0 Å². The lowest BCUT2D eigenvalue weighted by atomic mass is 10.2. The van der Waals surface area contributed by atoms with E-state index < -0.39 is 0 Å². The molecule has 0 aliphatic rings. The van der Waals surface area contributed by atoms with Crippen molar-refractivity contribution in [2.75, 3.05) is 26.3 Å². The van der Waals surface area contributed by atoms with Crippen LogP contribution in [-0.4, -0.2) is 49.3 Å². The fourth-order valence-electron chi connectivity index (χ4n) is 1.91. The second-order valence-corrected chi connectivity index (χ2v) is 4.94. The molecule has 16 heavy (non-hydrogen) atoms. The van der Waals surface area contributed by atoms with Gasteiger partial charge in [-0.1, -0.05) is 0 Å². The Morgan fingerprint density at radius 1 is 1.06 bits per heavy atom. The van der Waals surface area contributed by atoms with Crippen molar-refractivity contribution >= 4 is 0 Å². The number of nitrogens with zero attached hydrogens (tertiary/aromatic N) is 1. The summed E-state index contributed by atoms with van der Waals surface area (Å²) in [6.07, 6.45) is 0. The van der Waals surface area contributed by atoms with Crippen LogP contribution < -0.4 is 5.32 Å². The van der Waals surface area contributed by atoms with Crippen LogP contribution in [0.25, 0.3) is 0 Å². The molecule has 0 aromatic heterocycles. The van der Waals surface area contributed by atoms with Crippen LogP contribution in [0.5, 0.6) is 0 Å². The third-order valence-corrected chi connectivity index (χ3v) is 2.76. The number of ether oxygens (including phenoxy) is 1. The molecule has 98 valence electrons. The van der Waals surface area contributed by atoms with Gasteiger partial charge in [0.2, 0.25) is 0 Å². The van der Waals surface area contributed by atoms with Crippen LogP contribution >= 0.6 is 0 Å². The van der Waals surface area contributed by atoms with Crippen molar-refractivity contribution in [2.24, 2.45) is 0 Å². The SMILES string of the molecule is CCOCC(C)NCCN(C(C)C)C(C)C. The predicted octanol–water partition coefficient (Wildman–Crippen LogP) is 2.12. The molecule has 0 heterocycles. The highest BCUT2D eigenvalue weighted by Gasteiger charge is 2.12. The monoisotopic (exact) mass is 230 g/mol. The van der Waals surface area contributed by atoms with E-state index in [9.17, 15) is 0 Å². The molecule has 0 saturated carbocycles. The lowest BCUT2D eigenvalue weighted by molar-refractivity contribution is 0.122. The molecule has 0 aliphatic heterocycles. The van der Waals surface area contributed by atoms with Gasteiger partial charge in [-0.2, -0.15) is 0 Å². The van der Waals surface area contributed by atoms with E-state index in [2.05, 4.69) is 44.8 Å².